The highest BCUT2D eigenvalue weighted by Gasteiger charge is 2.40. The van der Waals surface area contributed by atoms with E-state index in [0.29, 0.717) is 27.8 Å². The minimum Gasteiger partial charge on any atom is -0.354 e. The Balaban J connectivity index is 1.22. The van der Waals surface area contributed by atoms with Crippen molar-refractivity contribution in [2.75, 3.05) is 17.2 Å². The van der Waals surface area contributed by atoms with Crippen molar-refractivity contribution < 1.29 is 36.5 Å². The van der Waals surface area contributed by atoms with Crippen LogP contribution in [0.2, 0.25) is 0 Å². The molecule has 0 spiro atoms. The van der Waals surface area contributed by atoms with Crippen molar-refractivity contribution in [3.63, 3.8) is 0 Å². The van der Waals surface area contributed by atoms with Gasteiger partial charge >= 0.3 is 6.18 Å². The molecule has 0 aliphatic carbocycles. The number of nitrogens with one attached hydrogen (secondary N) is 2. The Hall–Kier alpha value is -5.34. The predicted octanol–water partition coefficient (Wildman–Crippen LogP) is 5.12. The molecule has 2 aromatic carbocycles. The molecular weight excluding hydrogens is 586 g/mol. The largest absolute Gasteiger partial charge is 0.416 e. The van der Waals surface area contributed by atoms with Gasteiger partial charge in [-0.15, -0.1) is 0 Å². The Bertz CT molecular complexity index is 1900. The zero-order valence-corrected chi connectivity index (χ0v) is 22.9. The number of alkyl halides is 4. The molecule has 0 radical (unpaired) electrons. The van der Waals surface area contributed by atoms with Crippen molar-refractivity contribution in [3.05, 3.63) is 72.4 Å². The number of aromatic nitrogens is 4. The molecule has 4 heterocycles. The first-order chi connectivity index (χ1) is 21.0. The van der Waals surface area contributed by atoms with E-state index in [2.05, 4.69) is 25.8 Å². The Morgan fingerprint density at radius 3 is 2.55 bits per heavy atom. The van der Waals surface area contributed by atoms with Gasteiger partial charge in [-0.1, -0.05) is 5.16 Å². The second-order valence-electron chi connectivity index (χ2n) is 10.3. The third kappa shape index (κ3) is 5.55. The molecule has 11 nitrogen and oxygen atoms in total. The van der Waals surface area contributed by atoms with E-state index in [1.165, 1.54) is 19.4 Å². The van der Waals surface area contributed by atoms with Crippen molar-refractivity contribution in [2.24, 2.45) is 0 Å². The lowest BCUT2D eigenvalue weighted by Crippen LogP contribution is -2.44. The molecule has 1 aliphatic rings. The molecular formula is C29H23F4N7O4. The number of hydrogen-bond acceptors (Lipinski definition) is 8. The minimum absolute atomic E-state index is 0.114. The normalized spacial score (nSPS) is 16.9. The Labute approximate surface area is 245 Å². The van der Waals surface area contributed by atoms with Crippen LogP contribution >= 0.6 is 0 Å². The second kappa shape index (κ2) is 11.1. The van der Waals surface area contributed by atoms with E-state index in [1.807, 2.05) is 0 Å². The van der Waals surface area contributed by atoms with Crippen molar-refractivity contribution >= 4 is 56.7 Å². The summed E-state index contributed by atoms with van der Waals surface area (Å²) < 4.78 is 60.2. The van der Waals surface area contributed by atoms with Gasteiger partial charge in [0.05, 0.1) is 35.6 Å². The number of carbonyl (C=O) groups is 3. The van der Waals surface area contributed by atoms with Gasteiger partial charge in [-0.3, -0.25) is 14.4 Å². The minimum atomic E-state index is -4.60. The average Bonchev–Trinajstić information content (AvgIpc) is 3.68. The summed E-state index contributed by atoms with van der Waals surface area (Å²) in [5, 5.41) is 9.96. The summed E-state index contributed by atoms with van der Waals surface area (Å²) in [6.45, 7) is 0.780. The number of benzene rings is 2. The van der Waals surface area contributed by atoms with Gasteiger partial charge in [0, 0.05) is 34.8 Å². The average molecular weight is 610 g/mol. The first-order valence-corrected chi connectivity index (χ1v) is 13.3. The Kier molecular flexibility index (Phi) is 7.23. The van der Waals surface area contributed by atoms with Gasteiger partial charge in [0.1, 0.15) is 25.1 Å². The van der Waals surface area contributed by atoms with Gasteiger partial charge in [-0.25, -0.2) is 14.4 Å². The third-order valence-corrected chi connectivity index (χ3v) is 7.33. The number of Topliss-reactive ketones (excluding diaryl/α,β-unsaturated/α-hetero) is 1. The van der Waals surface area contributed by atoms with Crippen molar-refractivity contribution in [1.82, 2.24) is 24.6 Å². The van der Waals surface area contributed by atoms with Crippen molar-refractivity contribution in [1.29, 1.82) is 0 Å². The van der Waals surface area contributed by atoms with Crippen LogP contribution < -0.4 is 10.6 Å². The molecule has 1 aliphatic heterocycles. The van der Waals surface area contributed by atoms with E-state index in [1.54, 1.807) is 35.2 Å². The number of hydrogen-bond donors (Lipinski definition) is 2. The summed E-state index contributed by atoms with van der Waals surface area (Å²) in [6, 6.07) is 6.71. The number of nitrogens with zero attached hydrogens (tertiary/aromatic N) is 5. The maximum absolute atomic E-state index is 14.6. The summed E-state index contributed by atoms with van der Waals surface area (Å²) in [5.74, 6) is -1.72. The fourth-order valence-corrected chi connectivity index (χ4v) is 5.27. The smallest absolute Gasteiger partial charge is 0.354 e. The van der Waals surface area contributed by atoms with Crippen LogP contribution in [-0.2, 0) is 22.3 Å². The number of ketones is 1. The summed E-state index contributed by atoms with van der Waals surface area (Å²) >= 11 is 0. The summed E-state index contributed by atoms with van der Waals surface area (Å²) in [7, 11) is 0. The highest BCUT2D eigenvalue weighted by atomic mass is 19.4. The molecule has 6 rings (SSSR count). The highest BCUT2D eigenvalue weighted by Crippen LogP contribution is 2.34. The number of rotatable bonds is 7. The first-order valence-electron chi connectivity index (χ1n) is 13.3. The number of amides is 2. The van der Waals surface area contributed by atoms with E-state index in [-0.39, 0.29) is 42.1 Å². The number of anilines is 3. The molecule has 2 N–H and O–H groups in total. The molecule has 1 saturated heterocycles. The van der Waals surface area contributed by atoms with E-state index < -0.39 is 35.8 Å². The predicted molar refractivity (Wildman–Crippen MR) is 150 cm³/mol. The third-order valence-electron chi connectivity index (χ3n) is 7.33. The number of fused-ring (bicyclic) bond motifs is 2. The van der Waals surface area contributed by atoms with Gasteiger partial charge in [-0.2, -0.15) is 13.2 Å². The lowest BCUT2D eigenvalue weighted by molar-refractivity contribution is -0.137. The zero-order chi connectivity index (χ0) is 31.2. The molecule has 44 heavy (non-hydrogen) atoms. The molecule has 2 amide bonds. The first kappa shape index (κ1) is 28.8. The molecule has 226 valence electrons. The van der Waals surface area contributed by atoms with Crippen LogP contribution in [-0.4, -0.2) is 60.9 Å². The number of halogens is 4. The lowest BCUT2D eigenvalue weighted by atomic mass is 10.1. The van der Waals surface area contributed by atoms with Crippen LogP contribution in [0.25, 0.3) is 21.9 Å². The highest BCUT2D eigenvalue weighted by molar-refractivity contribution is 6.08. The molecule has 2 atom stereocenters. The van der Waals surface area contributed by atoms with Crippen molar-refractivity contribution in [2.45, 2.75) is 38.3 Å². The van der Waals surface area contributed by atoms with Gasteiger partial charge < -0.3 is 24.6 Å². The zero-order valence-electron chi connectivity index (χ0n) is 22.9. The van der Waals surface area contributed by atoms with Gasteiger partial charge in [-0.05, 0) is 43.3 Å². The fraction of sp³-hybridized carbons (Fsp3) is 0.241. The quantitative estimate of drug-likeness (QED) is 0.192. The van der Waals surface area contributed by atoms with Crippen LogP contribution in [0.4, 0.5) is 34.8 Å². The maximum Gasteiger partial charge on any atom is 0.416 e. The second-order valence-corrected chi connectivity index (χ2v) is 10.3. The molecule has 2 unspecified atom stereocenters. The lowest BCUT2D eigenvalue weighted by Gasteiger charge is -2.23. The SMILES string of the molecule is CC(=O)c1cn(CC(=O)N2CC(F)CC2C(=O)Nc2noc3cc(C(F)(F)F)ccc23)c2ccc(Nc3cncnc3)cc12. The van der Waals surface area contributed by atoms with Crippen LogP contribution in [0.15, 0.2) is 65.8 Å². The van der Waals surface area contributed by atoms with E-state index in [9.17, 15) is 31.9 Å². The molecule has 5 aromatic rings. The standard InChI is InChI=1S/C29H23F4N7O4/c1-15(41)22-12-39(23-5-3-18(8-21(22)23)36-19-9-34-14-35-10-19)13-26(42)40-11-17(30)7-24(40)28(43)37-27-20-4-2-16(29(31,32)33)6-25(20)44-38-27/h2-6,8-10,12,14,17,24,36H,7,11,13H2,1H3,(H,37,38,43). The topological polar surface area (TPSA) is 135 Å². The van der Waals surface area contributed by atoms with Crippen LogP contribution in [0.3, 0.4) is 0 Å². The van der Waals surface area contributed by atoms with Crippen molar-refractivity contribution in [3.8, 4) is 0 Å². The van der Waals surface area contributed by atoms with Gasteiger partial charge in [0.2, 0.25) is 11.8 Å². The molecule has 0 bridgehead atoms. The molecule has 3 aromatic heterocycles. The fourth-order valence-electron chi connectivity index (χ4n) is 5.27. The summed E-state index contributed by atoms with van der Waals surface area (Å²) in [4.78, 5) is 48.1. The van der Waals surface area contributed by atoms with Crippen LogP contribution in [0.5, 0.6) is 0 Å². The molecule has 15 heteroatoms. The summed E-state index contributed by atoms with van der Waals surface area (Å²) in [5.41, 5.74) is 1.08. The van der Waals surface area contributed by atoms with Crippen LogP contribution in [0, 0.1) is 0 Å². The van der Waals surface area contributed by atoms with E-state index in [0.717, 1.165) is 23.1 Å². The van der Waals surface area contributed by atoms with Crippen LogP contribution in [0.1, 0.15) is 29.3 Å². The van der Waals surface area contributed by atoms with E-state index in [4.69, 9.17) is 4.52 Å². The Morgan fingerprint density at radius 1 is 1.05 bits per heavy atom. The molecule has 0 saturated carbocycles. The number of carbonyl (C=O) groups excluding carboxylic acids is 3. The molecule has 1 fully saturated rings. The summed E-state index contributed by atoms with van der Waals surface area (Å²) in [6.07, 6.45) is -0.263. The van der Waals surface area contributed by atoms with E-state index >= 15 is 0 Å². The van der Waals surface area contributed by atoms with Gasteiger partial charge in [0.25, 0.3) is 0 Å². The van der Waals surface area contributed by atoms with Gasteiger partial charge in [0.15, 0.2) is 17.2 Å². The monoisotopic (exact) mass is 609 g/mol. The maximum atomic E-state index is 14.6. The Morgan fingerprint density at radius 2 is 1.82 bits per heavy atom. The number of likely N-dealkylation sites (tertiary alicyclic amines) is 1.